The van der Waals surface area contributed by atoms with Crippen LogP contribution in [-0.2, 0) is 6.54 Å². The molecule has 20 heavy (non-hydrogen) atoms. The van der Waals surface area contributed by atoms with Gasteiger partial charge in [0.2, 0.25) is 5.82 Å². The second kappa shape index (κ2) is 6.17. The summed E-state index contributed by atoms with van der Waals surface area (Å²) < 4.78 is 0.984. The lowest BCUT2D eigenvalue weighted by Gasteiger charge is -2.16. The van der Waals surface area contributed by atoms with Crippen molar-refractivity contribution >= 4 is 21.8 Å². The van der Waals surface area contributed by atoms with Crippen LogP contribution in [0.2, 0.25) is 0 Å². The van der Waals surface area contributed by atoms with Crippen LogP contribution in [0.5, 0.6) is 0 Å². The predicted molar refractivity (Wildman–Crippen MR) is 80.4 cm³/mol. The Bertz CT molecular complexity index is 609. The topological polar surface area (TPSA) is 61.9 Å². The number of aromatic amines is 1. The lowest BCUT2D eigenvalue weighted by atomic mass is 10.2. The quantitative estimate of drug-likeness (QED) is 0.933. The van der Waals surface area contributed by atoms with Crippen LogP contribution in [0.1, 0.15) is 41.8 Å². The van der Waals surface area contributed by atoms with Gasteiger partial charge in [-0.05, 0) is 11.6 Å². The molecule has 0 saturated heterocycles. The zero-order chi connectivity index (χ0) is 14.7. The van der Waals surface area contributed by atoms with Crippen molar-refractivity contribution in [1.82, 2.24) is 20.1 Å². The van der Waals surface area contributed by atoms with Crippen LogP contribution in [0.25, 0.3) is 0 Å². The molecule has 0 fully saturated rings. The molecule has 0 radical (unpaired) electrons. The maximum absolute atomic E-state index is 12.3. The van der Waals surface area contributed by atoms with Crippen LogP contribution < -0.4 is 0 Å². The Labute approximate surface area is 126 Å². The molecule has 1 heterocycles. The number of carbonyl (C=O) groups excluding carboxylic acids is 1. The summed E-state index contributed by atoms with van der Waals surface area (Å²) >= 11 is 3.48. The van der Waals surface area contributed by atoms with Gasteiger partial charge in [-0.15, -0.1) is 5.10 Å². The number of hydrogen-bond acceptors (Lipinski definition) is 3. The van der Waals surface area contributed by atoms with Gasteiger partial charge in [-0.2, -0.15) is 0 Å². The molecular formula is C14H17BrN4O. The van der Waals surface area contributed by atoms with Gasteiger partial charge in [-0.25, -0.2) is 4.98 Å². The normalized spacial score (nSPS) is 10.8. The van der Waals surface area contributed by atoms with E-state index in [4.69, 9.17) is 0 Å². The highest BCUT2D eigenvalue weighted by Crippen LogP contribution is 2.18. The highest BCUT2D eigenvalue weighted by Gasteiger charge is 2.18. The van der Waals surface area contributed by atoms with Crippen molar-refractivity contribution in [2.45, 2.75) is 26.3 Å². The van der Waals surface area contributed by atoms with Crippen molar-refractivity contribution in [2.75, 3.05) is 7.05 Å². The summed E-state index contributed by atoms with van der Waals surface area (Å²) in [6.45, 7) is 4.50. The largest absolute Gasteiger partial charge is 0.335 e. The van der Waals surface area contributed by atoms with Crippen LogP contribution in [-0.4, -0.2) is 33.0 Å². The summed E-state index contributed by atoms with van der Waals surface area (Å²) in [5, 5.41) is 6.78. The van der Waals surface area contributed by atoms with Gasteiger partial charge < -0.3 is 4.90 Å². The molecule has 1 aromatic heterocycles. The second-order valence-electron chi connectivity index (χ2n) is 4.95. The van der Waals surface area contributed by atoms with Gasteiger partial charge in [-0.1, -0.05) is 48.0 Å². The Hall–Kier alpha value is -1.69. The molecule has 0 atom stereocenters. The molecule has 1 N–H and O–H groups in total. The first-order valence-electron chi connectivity index (χ1n) is 6.40. The van der Waals surface area contributed by atoms with Gasteiger partial charge in [0.1, 0.15) is 5.82 Å². The monoisotopic (exact) mass is 336 g/mol. The number of amides is 1. The van der Waals surface area contributed by atoms with E-state index in [1.54, 1.807) is 11.9 Å². The summed E-state index contributed by atoms with van der Waals surface area (Å²) in [4.78, 5) is 18.1. The number of benzene rings is 1. The minimum atomic E-state index is -0.191. The van der Waals surface area contributed by atoms with E-state index in [1.165, 1.54) is 0 Å². The van der Waals surface area contributed by atoms with Crippen LogP contribution in [0, 0.1) is 0 Å². The SMILES string of the molecule is CC(C)c1nc(C(=O)N(C)Cc2ccccc2Br)n[nH]1. The second-order valence-corrected chi connectivity index (χ2v) is 5.81. The summed E-state index contributed by atoms with van der Waals surface area (Å²) in [6.07, 6.45) is 0. The number of nitrogens with one attached hydrogen (secondary N) is 1. The number of carbonyl (C=O) groups is 1. The molecule has 6 heteroatoms. The lowest BCUT2D eigenvalue weighted by molar-refractivity contribution is 0.0773. The molecule has 2 rings (SSSR count). The van der Waals surface area contributed by atoms with Gasteiger partial charge in [0, 0.05) is 24.0 Å². The molecule has 0 aliphatic rings. The van der Waals surface area contributed by atoms with E-state index in [1.807, 2.05) is 38.1 Å². The molecule has 0 aliphatic heterocycles. The average molecular weight is 337 g/mol. The van der Waals surface area contributed by atoms with Crippen molar-refractivity contribution in [2.24, 2.45) is 0 Å². The molecule has 0 unspecified atom stereocenters. The Morgan fingerprint density at radius 3 is 2.70 bits per heavy atom. The van der Waals surface area contributed by atoms with E-state index in [0.29, 0.717) is 6.54 Å². The first kappa shape index (κ1) is 14.7. The number of rotatable bonds is 4. The Morgan fingerprint density at radius 2 is 2.10 bits per heavy atom. The highest BCUT2D eigenvalue weighted by molar-refractivity contribution is 9.10. The fraction of sp³-hybridized carbons (Fsp3) is 0.357. The highest BCUT2D eigenvalue weighted by atomic mass is 79.9. The molecule has 1 amide bonds. The molecule has 0 aliphatic carbocycles. The van der Waals surface area contributed by atoms with Gasteiger partial charge in [0.25, 0.3) is 5.91 Å². The molecule has 106 valence electrons. The Morgan fingerprint density at radius 1 is 1.40 bits per heavy atom. The minimum Gasteiger partial charge on any atom is -0.335 e. The minimum absolute atomic E-state index is 0.191. The van der Waals surface area contributed by atoms with Crippen molar-refractivity contribution in [3.05, 3.63) is 46.0 Å². The van der Waals surface area contributed by atoms with Crippen molar-refractivity contribution in [3.8, 4) is 0 Å². The molecule has 5 nitrogen and oxygen atoms in total. The summed E-state index contributed by atoms with van der Waals surface area (Å²) in [5.41, 5.74) is 1.04. The maximum atomic E-state index is 12.3. The van der Waals surface area contributed by atoms with Crippen LogP contribution in [0.3, 0.4) is 0 Å². The molecule has 2 aromatic rings. The van der Waals surface area contributed by atoms with E-state index < -0.39 is 0 Å². The summed E-state index contributed by atoms with van der Waals surface area (Å²) in [7, 11) is 1.74. The van der Waals surface area contributed by atoms with Crippen LogP contribution in [0.15, 0.2) is 28.7 Å². The van der Waals surface area contributed by atoms with E-state index in [0.717, 1.165) is 15.9 Å². The first-order chi connectivity index (χ1) is 9.49. The van der Waals surface area contributed by atoms with Crippen molar-refractivity contribution in [3.63, 3.8) is 0 Å². The van der Waals surface area contributed by atoms with E-state index in [-0.39, 0.29) is 17.6 Å². The van der Waals surface area contributed by atoms with Crippen LogP contribution >= 0.6 is 15.9 Å². The molecule has 0 saturated carbocycles. The Balaban J connectivity index is 2.10. The van der Waals surface area contributed by atoms with E-state index in [9.17, 15) is 4.79 Å². The van der Waals surface area contributed by atoms with Crippen molar-refractivity contribution < 1.29 is 4.79 Å². The fourth-order valence-corrected chi connectivity index (χ4v) is 2.16. The number of hydrogen-bond donors (Lipinski definition) is 1. The smallest absolute Gasteiger partial charge is 0.293 e. The standard InChI is InChI=1S/C14H17BrN4O/c1-9(2)12-16-13(18-17-12)14(20)19(3)8-10-6-4-5-7-11(10)15/h4-7,9H,8H2,1-3H3,(H,16,17,18). The third-order valence-electron chi connectivity index (χ3n) is 2.95. The number of halogens is 1. The zero-order valence-electron chi connectivity index (χ0n) is 11.7. The maximum Gasteiger partial charge on any atom is 0.293 e. The van der Waals surface area contributed by atoms with Gasteiger partial charge in [0.05, 0.1) is 0 Å². The average Bonchev–Trinajstić information content (AvgIpc) is 2.90. The summed E-state index contributed by atoms with van der Waals surface area (Å²) in [6, 6.07) is 7.82. The van der Waals surface area contributed by atoms with Gasteiger partial charge >= 0.3 is 0 Å². The summed E-state index contributed by atoms with van der Waals surface area (Å²) in [5.74, 6) is 0.965. The van der Waals surface area contributed by atoms with Gasteiger partial charge in [0.15, 0.2) is 0 Å². The first-order valence-corrected chi connectivity index (χ1v) is 7.19. The van der Waals surface area contributed by atoms with Crippen LogP contribution in [0.4, 0.5) is 0 Å². The van der Waals surface area contributed by atoms with Crippen molar-refractivity contribution in [1.29, 1.82) is 0 Å². The number of aromatic nitrogens is 3. The number of H-pyrrole nitrogens is 1. The molecular weight excluding hydrogens is 320 g/mol. The van der Waals surface area contributed by atoms with E-state index in [2.05, 4.69) is 31.1 Å². The Kier molecular flexibility index (Phi) is 4.54. The van der Waals surface area contributed by atoms with E-state index >= 15 is 0 Å². The molecule has 0 spiro atoms. The number of nitrogens with zero attached hydrogens (tertiary/aromatic N) is 3. The fourth-order valence-electron chi connectivity index (χ4n) is 1.75. The van der Waals surface area contributed by atoms with Gasteiger partial charge in [-0.3, -0.25) is 9.89 Å². The third-order valence-corrected chi connectivity index (χ3v) is 3.73. The lowest BCUT2D eigenvalue weighted by Crippen LogP contribution is -2.27. The predicted octanol–water partition coefficient (Wildman–Crippen LogP) is 2.96. The third kappa shape index (κ3) is 3.25. The molecule has 0 bridgehead atoms. The zero-order valence-corrected chi connectivity index (χ0v) is 13.3. The molecule has 1 aromatic carbocycles.